The summed E-state index contributed by atoms with van der Waals surface area (Å²) in [4.78, 5) is 17.0. The van der Waals surface area contributed by atoms with Crippen molar-refractivity contribution in [1.82, 2.24) is 30.0 Å². The Labute approximate surface area is 192 Å². The van der Waals surface area contributed by atoms with Gasteiger partial charge in [-0.15, -0.1) is 15.3 Å². The zero-order valence-corrected chi connectivity index (χ0v) is 18.9. The highest BCUT2D eigenvalue weighted by atomic mass is 16.5. The highest BCUT2D eigenvalue weighted by Gasteiger charge is 2.16. The van der Waals surface area contributed by atoms with Gasteiger partial charge in [-0.05, 0) is 43.5 Å². The van der Waals surface area contributed by atoms with E-state index < -0.39 is 0 Å². The van der Waals surface area contributed by atoms with Gasteiger partial charge in [0, 0.05) is 39.0 Å². The van der Waals surface area contributed by atoms with Crippen molar-refractivity contribution in [3.63, 3.8) is 0 Å². The average molecular weight is 454 g/mol. The Morgan fingerprint density at radius 3 is 2.64 bits per heavy atom. The Bertz CT molecular complexity index is 1070. The molecule has 3 aromatic heterocycles. The highest BCUT2D eigenvalue weighted by Crippen LogP contribution is 2.18. The molecule has 176 valence electrons. The van der Waals surface area contributed by atoms with Crippen LogP contribution >= 0.6 is 0 Å². The molecule has 10 nitrogen and oxygen atoms in total. The number of anilines is 1. The maximum Gasteiger partial charge on any atom is 0.220 e. The van der Waals surface area contributed by atoms with Crippen LogP contribution in [-0.4, -0.2) is 70.0 Å². The van der Waals surface area contributed by atoms with Gasteiger partial charge in [0.15, 0.2) is 11.5 Å². The highest BCUT2D eigenvalue weighted by molar-refractivity contribution is 5.76. The minimum absolute atomic E-state index is 0.0509. The number of nitrogens with one attached hydrogen (secondary N) is 1. The third-order valence-electron chi connectivity index (χ3n) is 6.23. The summed E-state index contributed by atoms with van der Waals surface area (Å²) in [6.45, 7) is 6.55. The topological polar surface area (TPSA) is 101 Å². The summed E-state index contributed by atoms with van der Waals surface area (Å²) >= 11 is 0. The molecule has 0 aliphatic carbocycles. The van der Waals surface area contributed by atoms with Gasteiger partial charge in [-0.1, -0.05) is 0 Å². The SMILES string of the molecule is O=C(CCc1nnc2ccc(N3CCCCC3)nn12)NCc1ccc(CN2CCOCC2)o1. The summed E-state index contributed by atoms with van der Waals surface area (Å²) in [5, 5.41) is 16.1. The first-order valence-electron chi connectivity index (χ1n) is 11.9. The summed E-state index contributed by atoms with van der Waals surface area (Å²) in [6, 6.07) is 7.85. The van der Waals surface area contributed by atoms with Crippen LogP contribution in [0.5, 0.6) is 0 Å². The fraction of sp³-hybridized carbons (Fsp3) is 0.565. The molecule has 2 aliphatic heterocycles. The van der Waals surface area contributed by atoms with Gasteiger partial charge < -0.3 is 19.4 Å². The Hall–Kier alpha value is -2.98. The van der Waals surface area contributed by atoms with Gasteiger partial charge >= 0.3 is 0 Å². The van der Waals surface area contributed by atoms with Crippen molar-refractivity contribution in [2.24, 2.45) is 0 Å². The van der Waals surface area contributed by atoms with Crippen LogP contribution in [0.25, 0.3) is 5.65 Å². The zero-order valence-electron chi connectivity index (χ0n) is 18.9. The quantitative estimate of drug-likeness (QED) is 0.551. The van der Waals surface area contributed by atoms with Gasteiger partial charge in [0.1, 0.15) is 17.3 Å². The van der Waals surface area contributed by atoms with E-state index in [4.69, 9.17) is 14.3 Å². The summed E-state index contributed by atoms with van der Waals surface area (Å²) < 4.78 is 13.0. The molecular weight excluding hydrogens is 422 g/mol. The Morgan fingerprint density at radius 2 is 1.79 bits per heavy atom. The fourth-order valence-corrected chi connectivity index (χ4v) is 4.35. The number of furan rings is 1. The molecule has 2 aliphatic rings. The maximum atomic E-state index is 12.4. The van der Waals surface area contributed by atoms with Crippen molar-refractivity contribution in [1.29, 1.82) is 0 Å². The second-order valence-corrected chi connectivity index (χ2v) is 8.66. The largest absolute Gasteiger partial charge is 0.463 e. The van der Waals surface area contributed by atoms with Gasteiger partial charge in [0.2, 0.25) is 5.91 Å². The number of nitrogens with zero attached hydrogens (tertiary/aromatic N) is 6. The van der Waals surface area contributed by atoms with Crippen molar-refractivity contribution >= 4 is 17.4 Å². The van der Waals surface area contributed by atoms with Crippen LogP contribution in [0.3, 0.4) is 0 Å². The fourth-order valence-electron chi connectivity index (χ4n) is 4.35. The van der Waals surface area contributed by atoms with Crippen molar-refractivity contribution in [2.45, 2.75) is 45.2 Å². The number of fused-ring (bicyclic) bond motifs is 1. The number of morpholine rings is 1. The van der Waals surface area contributed by atoms with Gasteiger partial charge in [-0.25, -0.2) is 0 Å². The lowest BCUT2D eigenvalue weighted by Crippen LogP contribution is -2.35. The van der Waals surface area contributed by atoms with E-state index in [9.17, 15) is 4.79 Å². The molecule has 5 rings (SSSR count). The summed E-state index contributed by atoms with van der Waals surface area (Å²) in [6.07, 6.45) is 4.46. The van der Waals surface area contributed by atoms with Gasteiger partial charge in [-0.3, -0.25) is 9.69 Å². The van der Waals surface area contributed by atoms with Crippen molar-refractivity contribution in [2.75, 3.05) is 44.3 Å². The Morgan fingerprint density at radius 1 is 0.970 bits per heavy atom. The van der Waals surface area contributed by atoms with E-state index in [0.29, 0.717) is 30.9 Å². The minimum atomic E-state index is -0.0509. The van der Waals surface area contributed by atoms with Crippen LogP contribution in [0.4, 0.5) is 5.82 Å². The molecule has 1 N–H and O–H groups in total. The number of amides is 1. The number of carbonyl (C=O) groups is 1. The van der Waals surface area contributed by atoms with Crippen LogP contribution in [0, 0.1) is 0 Å². The Balaban J connectivity index is 1.12. The first-order chi connectivity index (χ1) is 16.2. The number of hydrogen-bond donors (Lipinski definition) is 1. The van der Waals surface area contributed by atoms with Gasteiger partial charge in [0.05, 0.1) is 26.3 Å². The normalized spacial score (nSPS) is 17.5. The predicted octanol–water partition coefficient (Wildman–Crippen LogP) is 1.79. The van der Waals surface area contributed by atoms with Crippen LogP contribution in [0.1, 0.15) is 43.0 Å². The lowest BCUT2D eigenvalue weighted by atomic mass is 10.1. The third kappa shape index (κ3) is 5.51. The van der Waals surface area contributed by atoms with Crippen LogP contribution in [-0.2, 0) is 29.0 Å². The molecule has 3 aromatic rings. The lowest BCUT2D eigenvalue weighted by Gasteiger charge is -2.27. The minimum Gasteiger partial charge on any atom is -0.463 e. The molecule has 1 amide bonds. The number of rotatable bonds is 8. The van der Waals surface area contributed by atoms with E-state index in [-0.39, 0.29) is 5.91 Å². The van der Waals surface area contributed by atoms with E-state index in [1.807, 2.05) is 24.3 Å². The Kier molecular flexibility index (Phi) is 6.82. The van der Waals surface area contributed by atoms with E-state index in [0.717, 1.165) is 63.3 Å². The van der Waals surface area contributed by atoms with Crippen molar-refractivity contribution in [3.8, 4) is 0 Å². The predicted molar refractivity (Wildman–Crippen MR) is 122 cm³/mol. The number of aromatic nitrogens is 4. The summed E-state index contributed by atoms with van der Waals surface area (Å²) in [5.41, 5.74) is 0.703. The molecule has 33 heavy (non-hydrogen) atoms. The lowest BCUT2D eigenvalue weighted by molar-refractivity contribution is -0.121. The molecule has 10 heteroatoms. The number of carbonyl (C=O) groups excluding carboxylic acids is 1. The smallest absolute Gasteiger partial charge is 0.220 e. The van der Waals surface area contributed by atoms with Crippen molar-refractivity contribution < 1.29 is 13.9 Å². The second kappa shape index (κ2) is 10.3. The van der Waals surface area contributed by atoms with E-state index in [1.165, 1.54) is 19.3 Å². The summed E-state index contributed by atoms with van der Waals surface area (Å²) in [5.74, 6) is 3.26. The zero-order chi connectivity index (χ0) is 22.5. The summed E-state index contributed by atoms with van der Waals surface area (Å²) in [7, 11) is 0. The van der Waals surface area contributed by atoms with Gasteiger partial charge in [-0.2, -0.15) is 4.52 Å². The number of ether oxygens (including phenoxy) is 1. The molecule has 2 saturated heterocycles. The van der Waals surface area contributed by atoms with Crippen molar-refractivity contribution in [3.05, 3.63) is 41.6 Å². The molecule has 0 unspecified atom stereocenters. The molecule has 0 bridgehead atoms. The van der Waals surface area contributed by atoms with E-state index in [1.54, 1.807) is 4.52 Å². The molecule has 0 aromatic carbocycles. The average Bonchev–Trinajstić information content (AvgIpc) is 3.49. The van der Waals surface area contributed by atoms with Crippen LogP contribution < -0.4 is 10.2 Å². The van der Waals surface area contributed by atoms with E-state index in [2.05, 4.69) is 25.3 Å². The number of piperidine rings is 1. The van der Waals surface area contributed by atoms with E-state index >= 15 is 0 Å². The molecule has 2 fully saturated rings. The number of aryl methyl sites for hydroxylation is 1. The van der Waals surface area contributed by atoms with Crippen LogP contribution in [0.2, 0.25) is 0 Å². The first kappa shape index (κ1) is 21.8. The number of hydrogen-bond acceptors (Lipinski definition) is 8. The third-order valence-corrected chi connectivity index (χ3v) is 6.23. The van der Waals surface area contributed by atoms with Crippen LogP contribution in [0.15, 0.2) is 28.7 Å². The molecule has 0 saturated carbocycles. The second-order valence-electron chi connectivity index (χ2n) is 8.66. The molecule has 0 spiro atoms. The molecule has 0 atom stereocenters. The first-order valence-corrected chi connectivity index (χ1v) is 11.9. The monoisotopic (exact) mass is 453 g/mol. The molecule has 0 radical (unpaired) electrons. The molecular formula is C23H31N7O3. The van der Waals surface area contributed by atoms with Gasteiger partial charge in [0.25, 0.3) is 0 Å². The maximum absolute atomic E-state index is 12.4. The molecule has 5 heterocycles. The standard InChI is InChI=1S/C23H31N7O3/c31-23(24-16-18-4-5-19(33-18)17-28-12-14-32-15-13-28)9-8-21-26-25-20-6-7-22(27-30(20)21)29-10-2-1-3-11-29/h4-7H,1-3,8-17H2,(H,24,31).